The van der Waals surface area contributed by atoms with Crippen LogP contribution >= 0.6 is 11.3 Å². The number of carbonyl (C=O) groups excluding carboxylic acids is 2. The first-order valence-electron chi connectivity index (χ1n) is 10.8. The third-order valence-corrected chi connectivity index (χ3v) is 6.03. The number of thiazole rings is 1. The van der Waals surface area contributed by atoms with Gasteiger partial charge in [0, 0.05) is 24.8 Å². The second-order valence-corrected chi connectivity index (χ2v) is 8.73. The van der Waals surface area contributed by atoms with E-state index in [1.807, 2.05) is 5.38 Å². The Morgan fingerprint density at radius 1 is 1.06 bits per heavy atom. The van der Waals surface area contributed by atoms with Crippen LogP contribution in [0, 0.1) is 5.82 Å². The maximum Gasteiger partial charge on any atom is 0.226 e. The van der Waals surface area contributed by atoms with Gasteiger partial charge in [0.25, 0.3) is 0 Å². The number of piperidine rings is 1. The van der Waals surface area contributed by atoms with Crippen molar-refractivity contribution in [3.63, 3.8) is 0 Å². The summed E-state index contributed by atoms with van der Waals surface area (Å²) in [5, 5.41) is 8.21. The summed E-state index contributed by atoms with van der Waals surface area (Å²) >= 11 is 1.46. The lowest BCUT2D eigenvalue weighted by atomic mass is 10.1. The van der Waals surface area contributed by atoms with Crippen LogP contribution in [-0.4, -0.2) is 34.8 Å². The lowest BCUT2D eigenvalue weighted by Crippen LogP contribution is -2.29. The highest BCUT2D eigenvalue weighted by atomic mass is 32.1. The van der Waals surface area contributed by atoms with Gasteiger partial charge >= 0.3 is 0 Å². The van der Waals surface area contributed by atoms with Crippen LogP contribution in [-0.2, 0) is 16.1 Å². The number of nitrogen functional groups attached to an aromatic ring is 1. The van der Waals surface area contributed by atoms with E-state index in [2.05, 4.69) is 20.5 Å². The lowest BCUT2D eigenvalue weighted by molar-refractivity contribution is -0.116. The van der Waals surface area contributed by atoms with Crippen LogP contribution in [0.25, 0.3) is 0 Å². The van der Waals surface area contributed by atoms with Crippen molar-refractivity contribution in [2.24, 2.45) is 0 Å². The predicted molar refractivity (Wildman–Crippen MR) is 122 cm³/mol. The number of hydrogen-bond donors (Lipinski definition) is 3. The Bertz CT molecular complexity index is 883. The number of hydrogen-bond acceptors (Lipinski definition) is 6. The summed E-state index contributed by atoms with van der Waals surface area (Å²) in [4.78, 5) is 31.0. The topological polar surface area (TPSA) is 100 Å². The summed E-state index contributed by atoms with van der Waals surface area (Å²) < 4.78 is 13.0. The molecular weight excluding hydrogens is 417 g/mol. The molecule has 0 atom stereocenters. The quantitative estimate of drug-likeness (QED) is 0.371. The fourth-order valence-electron chi connectivity index (χ4n) is 3.57. The summed E-state index contributed by atoms with van der Waals surface area (Å²) in [5.74, 6) is -0.668. The monoisotopic (exact) mass is 447 g/mol. The van der Waals surface area contributed by atoms with Crippen molar-refractivity contribution >= 4 is 39.7 Å². The average molecular weight is 448 g/mol. The molecule has 0 aliphatic carbocycles. The van der Waals surface area contributed by atoms with E-state index >= 15 is 0 Å². The van der Waals surface area contributed by atoms with Gasteiger partial charge in [0.15, 0.2) is 5.13 Å². The molecule has 31 heavy (non-hydrogen) atoms. The molecule has 3 rings (SSSR count). The van der Waals surface area contributed by atoms with Gasteiger partial charge in [0.2, 0.25) is 11.8 Å². The Hall–Kier alpha value is -2.52. The van der Waals surface area contributed by atoms with E-state index in [9.17, 15) is 14.0 Å². The van der Waals surface area contributed by atoms with Crippen molar-refractivity contribution in [2.75, 3.05) is 29.5 Å². The number of halogens is 1. The van der Waals surface area contributed by atoms with Gasteiger partial charge in [0.05, 0.1) is 17.1 Å². The zero-order valence-electron chi connectivity index (χ0n) is 17.7. The highest BCUT2D eigenvalue weighted by Gasteiger charge is 2.13. The first-order chi connectivity index (χ1) is 15.0. The number of aromatic nitrogens is 1. The average Bonchev–Trinajstić information content (AvgIpc) is 3.17. The summed E-state index contributed by atoms with van der Waals surface area (Å²) in [7, 11) is 0. The minimum Gasteiger partial charge on any atom is -0.397 e. The molecule has 0 spiro atoms. The number of anilines is 3. The number of likely N-dealkylation sites (tertiary alicyclic amines) is 1. The Morgan fingerprint density at radius 2 is 1.77 bits per heavy atom. The van der Waals surface area contributed by atoms with Crippen LogP contribution in [0.5, 0.6) is 0 Å². The molecule has 1 aliphatic rings. The Labute approximate surface area is 186 Å². The number of rotatable bonds is 10. The first-order valence-corrected chi connectivity index (χ1v) is 11.7. The molecule has 0 unspecified atom stereocenters. The molecule has 0 bridgehead atoms. The van der Waals surface area contributed by atoms with Gasteiger partial charge in [-0.05, 0) is 57.0 Å². The predicted octanol–water partition coefficient (Wildman–Crippen LogP) is 4.38. The lowest BCUT2D eigenvalue weighted by Gasteiger charge is -2.25. The number of unbranched alkanes of at least 4 members (excludes halogenated alkanes) is 2. The fourth-order valence-corrected chi connectivity index (χ4v) is 4.29. The molecule has 0 radical (unpaired) electrons. The van der Waals surface area contributed by atoms with Crippen LogP contribution in [0.3, 0.4) is 0 Å². The van der Waals surface area contributed by atoms with Gasteiger partial charge in [-0.25, -0.2) is 9.37 Å². The molecule has 1 saturated heterocycles. The van der Waals surface area contributed by atoms with E-state index in [4.69, 9.17) is 5.73 Å². The highest BCUT2D eigenvalue weighted by molar-refractivity contribution is 7.13. The fraction of sp³-hybridized carbons (Fsp3) is 0.500. The van der Waals surface area contributed by atoms with E-state index < -0.39 is 5.82 Å². The molecule has 168 valence electrons. The molecule has 1 aromatic carbocycles. The minimum absolute atomic E-state index is 0.0533. The van der Waals surface area contributed by atoms with Crippen LogP contribution in [0.15, 0.2) is 23.6 Å². The van der Waals surface area contributed by atoms with Gasteiger partial charge in [-0.15, -0.1) is 11.3 Å². The summed E-state index contributed by atoms with van der Waals surface area (Å²) in [6.07, 6.45) is 6.64. The van der Waals surface area contributed by atoms with Gasteiger partial charge < -0.3 is 16.4 Å². The van der Waals surface area contributed by atoms with Gasteiger partial charge in [-0.2, -0.15) is 0 Å². The zero-order chi connectivity index (χ0) is 22.1. The van der Waals surface area contributed by atoms with Crippen LogP contribution in [0.1, 0.15) is 57.1 Å². The van der Waals surface area contributed by atoms with Crippen molar-refractivity contribution in [1.82, 2.24) is 9.88 Å². The van der Waals surface area contributed by atoms with Crippen molar-refractivity contribution in [3.8, 4) is 0 Å². The Kier molecular flexibility index (Phi) is 8.78. The summed E-state index contributed by atoms with van der Waals surface area (Å²) in [5.41, 5.74) is 7.31. The molecule has 2 heterocycles. The number of nitrogens with two attached hydrogens (primary N) is 1. The molecule has 1 aliphatic heterocycles. The molecule has 2 aromatic rings. The largest absolute Gasteiger partial charge is 0.397 e. The molecule has 4 N–H and O–H groups in total. The van der Waals surface area contributed by atoms with Crippen LogP contribution in [0.4, 0.5) is 20.9 Å². The van der Waals surface area contributed by atoms with E-state index in [1.54, 1.807) is 0 Å². The van der Waals surface area contributed by atoms with Gasteiger partial charge in [0.1, 0.15) is 5.82 Å². The zero-order valence-corrected chi connectivity index (χ0v) is 18.5. The van der Waals surface area contributed by atoms with Crippen LogP contribution in [0.2, 0.25) is 0 Å². The van der Waals surface area contributed by atoms with Crippen molar-refractivity contribution in [2.45, 2.75) is 57.9 Å². The number of benzene rings is 1. The molecule has 1 fully saturated rings. The molecular formula is C22H30FN5O2S. The second-order valence-electron chi connectivity index (χ2n) is 7.87. The SMILES string of the molecule is Nc1cc(F)ccc1NC(=O)CCCCCC(=O)Nc1nc(CN2CCCCC2)cs1. The number of carbonyl (C=O) groups is 2. The number of nitrogens with one attached hydrogen (secondary N) is 2. The maximum atomic E-state index is 13.0. The molecule has 1 aromatic heterocycles. The number of amides is 2. The Morgan fingerprint density at radius 3 is 2.48 bits per heavy atom. The maximum absolute atomic E-state index is 13.0. The normalized spacial score (nSPS) is 14.4. The summed E-state index contributed by atoms with van der Waals surface area (Å²) in [6, 6.07) is 3.88. The minimum atomic E-state index is -0.440. The Balaban J connectivity index is 1.28. The van der Waals surface area contributed by atoms with E-state index in [-0.39, 0.29) is 17.5 Å². The molecule has 0 saturated carbocycles. The molecule has 2 amide bonds. The standard InChI is InChI=1S/C22H30FN5O2S/c23-16-9-10-19(18(24)13-16)26-20(29)7-3-1-4-8-21(30)27-22-25-17(15-31-22)14-28-11-5-2-6-12-28/h9-10,13,15H,1-8,11-12,14,24H2,(H,26,29)(H,25,27,30). The third kappa shape index (κ3) is 7.91. The smallest absolute Gasteiger partial charge is 0.226 e. The first kappa shape index (κ1) is 23.1. The van der Waals surface area contributed by atoms with Crippen LogP contribution < -0.4 is 16.4 Å². The third-order valence-electron chi connectivity index (χ3n) is 5.23. The second kappa shape index (κ2) is 11.8. The number of nitrogens with zero attached hydrogens (tertiary/aromatic N) is 2. The van der Waals surface area contributed by atoms with Crippen molar-refractivity contribution in [1.29, 1.82) is 0 Å². The van der Waals surface area contributed by atoms with E-state index in [1.165, 1.54) is 48.8 Å². The molecule has 7 nitrogen and oxygen atoms in total. The van der Waals surface area contributed by atoms with E-state index in [0.29, 0.717) is 36.5 Å². The van der Waals surface area contributed by atoms with Gasteiger partial charge in [-0.3, -0.25) is 14.5 Å². The van der Waals surface area contributed by atoms with Gasteiger partial charge in [-0.1, -0.05) is 12.8 Å². The van der Waals surface area contributed by atoms with E-state index in [0.717, 1.165) is 31.7 Å². The van der Waals surface area contributed by atoms with Crippen molar-refractivity contribution in [3.05, 3.63) is 35.1 Å². The summed E-state index contributed by atoms with van der Waals surface area (Å²) in [6.45, 7) is 3.08. The highest BCUT2D eigenvalue weighted by Crippen LogP contribution is 2.21. The van der Waals surface area contributed by atoms with Crippen molar-refractivity contribution < 1.29 is 14.0 Å². The molecule has 9 heteroatoms.